The number of aryl methyl sites for hydroxylation is 2. The molecule has 0 bridgehead atoms. The van der Waals surface area contributed by atoms with Gasteiger partial charge in [0.25, 0.3) is 19.7 Å². The van der Waals surface area contributed by atoms with Crippen molar-refractivity contribution >= 4 is 24.1 Å². The van der Waals surface area contributed by atoms with Crippen molar-refractivity contribution < 1.29 is 21.6 Å². The Hall–Kier alpha value is -1.50. The predicted octanol–water partition coefficient (Wildman–Crippen LogP) is 2.41. The third-order valence-electron chi connectivity index (χ3n) is 4.17. The summed E-state index contributed by atoms with van der Waals surface area (Å²) in [6, 6.07) is 4.58. The summed E-state index contributed by atoms with van der Waals surface area (Å²) in [4.78, 5) is 2.54. The lowest BCUT2D eigenvalue weighted by atomic mass is 10.0. The molecule has 0 N–H and O–H groups in total. The molecule has 0 amide bonds. The molecular formula is C15H20N2O4S2. The zero-order chi connectivity index (χ0) is 17.3. The Morgan fingerprint density at radius 1 is 1.09 bits per heavy atom. The molecule has 23 heavy (non-hydrogen) atoms. The van der Waals surface area contributed by atoms with E-state index in [-0.39, 0.29) is 4.90 Å². The lowest BCUT2D eigenvalue weighted by molar-refractivity contribution is 0.00369. The highest BCUT2D eigenvalue weighted by Gasteiger charge is 2.47. The second-order valence-corrected chi connectivity index (χ2v) is 10.2. The van der Waals surface area contributed by atoms with Gasteiger partial charge in [-0.3, -0.25) is 0 Å². The maximum Gasteiger partial charge on any atom is 0.499 e. The molecule has 1 aromatic carbocycles. The predicted molar refractivity (Wildman–Crippen MR) is 87.5 cm³/mol. The molecule has 0 saturated heterocycles. The first-order chi connectivity index (χ1) is 10.7. The van der Waals surface area contributed by atoms with Crippen molar-refractivity contribution in [2.75, 3.05) is 0 Å². The highest BCUT2D eigenvalue weighted by Crippen LogP contribution is 2.28. The van der Waals surface area contributed by atoms with Crippen LogP contribution in [0.3, 0.4) is 0 Å². The summed E-state index contributed by atoms with van der Waals surface area (Å²) in [7, 11) is -8.59. The highest BCUT2D eigenvalue weighted by molar-refractivity contribution is 8.31. The van der Waals surface area contributed by atoms with Gasteiger partial charge in [0.05, 0.1) is 10.1 Å². The summed E-state index contributed by atoms with van der Waals surface area (Å²) in [5.74, 6) is 0. The molecule has 0 unspecified atom stereocenters. The van der Waals surface area contributed by atoms with Crippen LogP contribution in [0, 0.1) is 13.8 Å². The van der Waals surface area contributed by atoms with Crippen LogP contribution < -0.4 is 0 Å². The first kappa shape index (κ1) is 17.8. The normalized spacial score (nSPS) is 16.8. The zero-order valence-corrected chi connectivity index (χ0v) is 14.8. The van der Waals surface area contributed by atoms with Gasteiger partial charge in [-0.15, -0.1) is 4.79 Å². The van der Waals surface area contributed by atoms with Gasteiger partial charge in [-0.2, -0.15) is 0 Å². The number of hydrogen-bond donors (Lipinski definition) is 0. The molecule has 1 fully saturated rings. The fraction of sp³-hybridized carbons (Fsp3) is 0.533. The van der Waals surface area contributed by atoms with Crippen LogP contribution in [0.2, 0.25) is 0 Å². The van der Waals surface area contributed by atoms with Gasteiger partial charge in [0.15, 0.2) is 0 Å². The summed E-state index contributed by atoms with van der Waals surface area (Å²) in [5, 5.41) is -0.803. The molecule has 0 aromatic heterocycles. The van der Waals surface area contributed by atoms with Gasteiger partial charge in [0.2, 0.25) is 0 Å². The first-order valence-electron chi connectivity index (χ1n) is 7.49. The average molecular weight is 356 g/mol. The Bertz CT molecular complexity index is 861. The fourth-order valence-corrected chi connectivity index (χ4v) is 7.26. The molecule has 0 spiro atoms. The van der Waals surface area contributed by atoms with E-state index >= 15 is 0 Å². The molecule has 1 aliphatic carbocycles. The van der Waals surface area contributed by atoms with Crippen LogP contribution in [0.15, 0.2) is 23.1 Å². The lowest BCUT2D eigenvalue weighted by Gasteiger charge is -2.19. The van der Waals surface area contributed by atoms with Gasteiger partial charge in [-0.05, 0) is 38.3 Å². The molecule has 1 saturated carbocycles. The number of benzene rings is 1. The van der Waals surface area contributed by atoms with Crippen LogP contribution in [0.4, 0.5) is 0 Å². The maximum atomic E-state index is 12.7. The van der Waals surface area contributed by atoms with E-state index in [1.807, 2.05) is 6.92 Å². The molecule has 126 valence electrons. The molecular weight excluding hydrogens is 336 g/mol. The van der Waals surface area contributed by atoms with E-state index in [0.29, 0.717) is 18.4 Å². The second-order valence-electron chi connectivity index (χ2n) is 5.94. The summed E-state index contributed by atoms with van der Waals surface area (Å²) in [6.07, 6.45) is 3.17. The van der Waals surface area contributed by atoms with Crippen molar-refractivity contribution in [3.05, 3.63) is 34.9 Å². The van der Waals surface area contributed by atoms with Crippen molar-refractivity contribution in [2.45, 2.75) is 56.1 Å². The molecule has 1 aromatic rings. The smallest absolute Gasteiger partial charge is 0.359 e. The van der Waals surface area contributed by atoms with Gasteiger partial charge in [0, 0.05) is 0 Å². The number of rotatable bonds is 2. The molecule has 0 heterocycles. The monoisotopic (exact) mass is 356 g/mol. The summed E-state index contributed by atoms with van der Waals surface area (Å²) >= 11 is 0. The van der Waals surface area contributed by atoms with Crippen LogP contribution in [-0.2, 0) is 19.7 Å². The average Bonchev–Trinajstić information content (AvgIpc) is 2.47. The Labute approximate surface area is 137 Å². The van der Waals surface area contributed by atoms with Crippen molar-refractivity contribution in [3.8, 4) is 0 Å². The minimum Gasteiger partial charge on any atom is -0.359 e. The van der Waals surface area contributed by atoms with Crippen LogP contribution >= 0.6 is 0 Å². The summed E-state index contributed by atoms with van der Waals surface area (Å²) in [5.41, 5.74) is 10.4. The Balaban J connectivity index is 2.54. The van der Waals surface area contributed by atoms with E-state index in [1.54, 1.807) is 19.1 Å². The number of sulfone groups is 2. The van der Waals surface area contributed by atoms with E-state index in [1.165, 1.54) is 6.07 Å². The molecule has 0 atom stereocenters. The SMILES string of the molecule is Cc1ccc(S(=O)(=O)C(=[N+]=[N-])S(=O)(=O)C2CCCCC2)c(C)c1. The van der Waals surface area contributed by atoms with E-state index < -0.39 is 29.3 Å². The van der Waals surface area contributed by atoms with Crippen molar-refractivity contribution in [2.24, 2.45) is 0 Å². The van der Waals surface area contributed by atoms with Gasteiger partial charge >= 0.3 is 4.38 Å². The van der Waals surface area contributed by atoms with Crippen LogP contribution in [0.5, 0.6) is 0 Å². The standard InChI is InChI=1S/C15H20N2O4S2/c1-11-8-9-14(12(2)10-11)23(20,21)15(17-16)22(18,19)13-6-4-3-5-7-13/h8-10,13H,3-7H2,1-2H3. The van der Waals surface area contributed by atoms with E-state index in [2.05, 4.69) is 4.79 Å². The minimum atomic E-state index is -4.39. The molecule has 8 heteroatoms. The third-order valence-corrected chi connectivity index (χ3v) is 9.02. The largest absolute Gasteiger partial charge is 0.499 e. The van der Waals surface area contributed by atoms with Gasteiger partial charge < -0.3 is 5.53 Å². The van der Waals surface area contributed by atoms with E-state index in [0.717, 1.165) is 24.8 Å². The first-order valence-corrected chi connectivity index (χ1v) is 10.5. The Morgan fingerprint density at radius 2 is 1.70 bits per heavy atom. The van der Waals surface area contributed by atoms with E-state index in [4.69, 9.17) is 5.53 Å². The summed E-state index contributed by atoms with van der Waals surface area (Å²) in [6.45, 7) is 3.39. The maximum absolute atomic E-state index is 12.7. The van der Waals surface area contributed by atoms with Crippen LogP contribution in [0.25, 0.3) is 5.53 Å². The van der Waals surface area contributed by atoms with Gasteiger partial charge in [-0.25, -0.2) is 16.8 Å². The Kier molecular flexibility index (Phi) is 5.08. The number of nitrogens with zero attached hydrogens (tertiary/aromatic N) is 2. The molecule has 0 radical (unpaired) electrons. The van der Waals surface area contributed by atoms with Gasteiger partial charge in [0.1, 0.15) is 0 Å². The van der Waals surface area contributed by atoms with Crippen LogP contribution in [-0.4, -0.2) is 31.3 Å². The van der Waals surface area contributed by atoms with Gasteiger partial charge in [-0.1, -0.05) is 37.0 Å². The lowest BCUT2D eigenvalue weighted by Crippen LogP contribution is -2.35. The zero-order valence-electron chi connectivity index (χ0n) is 13.2. The minimum absolute atomic E-state index is 0.143. The fourth-order valence-electron chi connectivity index (χ4n) is 2.98. The second kappa shape index (κ2) is 6.55. The Morgan fingerprint density at radius 3 is 2.22 bits per heavy atom. The van der Waals surface area contributed by atoms with Crippen molar-refractivity contribution in [1.29, 1.82) is 0 Å². The molecule has 0 aliphatic heterocycles. The quantitative estimate of drug-likeness (QED) is 0.351. The van der Waals surface area contributed by atoms with Crippen molar-refractivity contribution in [1.82, 2.24) is 0 Å². The number of hydrogen-bond acceptors (Lipinski definition) is 4. The van der Waals surface area contributed by atoms with Crippen molar-refractivity contribution in [3.63, 3.8) is 0 Å². The topological polar surface area (TPSA) is 105 Å². The molecule has 2 rings (SSSR count). The highest BCUT2D eigenvalue weighted by atomic mass is 32.3. The van der Waals surface area contributed by atoms with Crippen LogP contribution in [0.1, 0.15) is 43.2 Å². The summed E-state index contributed by atoms with van der Waals surface area (Å²) < 4.78 is 49.6. The molecule has 1 aliphatic rings. The van der Waals surface area contributed by atoms with E-state index in [9.17, 15) is 16.8 Å². The molecule has 6 nitrogen and oxygen atoms in total. The third kappa shape index (κ3) is 3.39.